The summed E-state index contributed by atoms with van der Waals surface area (Å²) < 4.78 is 1.94. The van der Waals surface area contributed by atoms with Gasteiger partial charge in [0.05, 0.1) is 11.8 Å². The molecule has 0 aromatic carbocycles. The topological polar surface area (TPSA) is 38.0 Å². The van der Waals surface area contributed by atoms with Crippen LogP contribution in [0.15, 0.2) is 12.4 Å². The van der Waals surface area contributed by atoms with E-state index in [1.807, 2.05) is 17.1 Å². The number of aryl methyl sites for hydroxylation is 1. The highest BCUT2D eigenvalue weighted by Gasteiger charge is 2.47. The first-order valence-electron chi connectivity index (χ1n) is 6.75. The Kier molecular flexibility index (Phi) is 3.30. The van der Waals surface area contributed by atoms with Gasteiger partial charge in [0.15, 0.2) is 0 Å². The molecule has 0 spiro atoms. The van der Waals surface area contributed by atoms with Gasteiger partial charge in [0, 0.05) is 18.3 Å². The van der Waals surface area contributed by atoms with E-state index < -0.39 is 5.60 Å². The molecule has 17 heavy (non-hydrogen) atoms. The molecule has 1 aromatic rings. The van der Waals surface area contributed by atoms with Gasteiger partial charge in [-0.05, 0) is 24.7 Å². The normalized spacial score (nSPS) is 28.2. The van der Waals surface area contributed by atoms with Crippen LogP contribution in [0, 0.1) is 5.41 Å². The Hall–Kier alpha value is -0.830. The predicted octanol–water partition coefficient (Wildman–Crippen LogP) is 3.08. The van der Waals surface area contributed by atoms with Crippen molar-refractivity contribution in [3.63, 3.8) is 0 Å². The van der Waals surface area contributed by atoms with Gasteiger partial charge < -0.3 is 5.11 Å². The van der Waals surface area contributed by atoms with Crippen molar-refractivity contribution in [3.05, 3.63) is 18.0 Å². The van der Waals surface area contributed by atoms with Crippen molar-refractivity contribution in [2.45, 2.75) is 65.0 Å². The van der Waals surface area contributed by atoms with Gasteiger partial charge in [-0.25, -0.2) is 0 Å². The summed E-state index contributed by atoms with van der Waals surface area (Å²) in [6, 6.07) is 0. The molecule has 3 nitrogen and oxygen atoms in total. The summed E-state index contributed by atoms with van der Waals surface area (Å²) in [5.74, 6) is 0. The monoisotopic (exact) mass is 236 g/mol. The molecule has 96 valence electrons. The second kappa shape index (κ2) is 4.45. The highest BCUT2D eigenvalue weighted by Crippen LogP contribution is 2.49. The minimum Gasteiger partial charge on any atom is -0.384 e. The average molecular weight is 236 g/mol. The Morgan fingerprint density at radius 2 is 2.06 bits per heavy atom. The molecule has 1 aliphatic carbocycles. The van der Waals surface area contributed by atoms with Gasteiger partial charge in [-0.15, -0.1) is 0 Å². The molecule has 1 saturated carbocycles. The van der Waals surface area contributed by atoms with Crippen LogP contribution in [-0.2, 0) is 12.1 Å². The summed E-state index contributed by atoms with van der Waals surface area (Å²) in [6.07, 6.45) is 9.22. The molecule has 3 heteroatoms. The van der Waals surface area contributed by atoms with Crippen molar-refractivity contribution in [1.82, 2.24) is 9.78 Å². The Morgan fingerprint density at radius 1 is 1.35 bits per heavy atom. The summed E-state index contributed by atoms with van der Waals surface area (Å²) >= 11 is 0. The molecule has 1 aromatic heterocycles. The van der Waals surface area contributed by atoms with Gasteiger partial charge in [0.25, 0.3) is 0 Å². The van der Waals surface area contributed by atoms with Gasteiger partial charge in [-0.1, -0.05) is 33.6 Å². The van der Waals surface area contributed by atoms with E-state index in [1.54, 1.807) is 0 Å². The summed E-state index contributed by atoms with van der Waals surface area (Å²) in [5.41, 5.74) is 0.249. The summed E-state index contributed by atoms with van der Waals surface area (Å²) in [4.78, 5) is 0. The summed E-state index contributed by atoms with van der Waals surface area (Å²) in [5, 5.41) is 15.3. The molecule has 0 amide bonds. The van der Waals surface area contributed by atoms with Crippen LogP contribution < -0.4 is 0 Å². The Balaban J connectivity index is 2.28. The van der Waals surface area contributed by atoms with E-state index >= 15 is 0 Å². The zero-order valence-electron chi connectivity index (χ0n) is 11.2. The number of hydrogen-bond donors (Lipinski definition) is 1. The maximum atomic E-state index is 11.0. The summed E-state index contributed by atoms with van der Waals surface area (Å²) in [6.45, 7) is 7.41. The van der Waals surface area contributed by atoms with E-state index in [9.17, 15) is 5.11 Å². The number of nitrogens with zero attached hydrogens (tertiary/aromatic N) is 2. The van der Waals surface area contributed by atoms with Gasteiger partial charge in [-0.3, -0.25) is 4.68 Å². The molecule has 0 radical (unpaired) electrons. The predicted molar refractivity (Wildman–Crippen MR) is 68.7 cm³/mol. The number of rotatable bonds is 3. The van der Waals surface area contributed by atoms with Crippen LogP contribution in [0.1, 0.15) is 58.4 Å². The minimum absolute atomic E-state index is 0.0503. The van der Waals surface area contributed by atoms with Crippen LogP contribution in [0.4, 0.5) is 0 Å². The molecule has 0 aliphatic heterocycles. The zero-order valence-corrected chi connectivity index (χ0v) is 11.2. The first-order valence-corrected chi connectivity index (χ1v) is 6.75. The smallest absolute Gasteiger partial charge is 0.0977 e. The third-order valence-electron chi connectivity index (χ3n) is 4.27. The fraction of sp³-hybridized carbons (Fsp3) is 0.786. The van der Waals surface area contributed by atoms with E-state index in [0.717, 1.165) is 37.8 Å². The lowest BCUT2D eigenvalue weighted by atomic mass is 9.63. The van der Waals surface area contributed by atoms with Crippen molar-refractivity contribution in [2.75, 3.05) is 0 Å². The second-order valence-electron chi connectivity index (χ2n) is 5.94. The minimum atomic E-state index is -0.697. The van der Waals surface area contributed by atoms with E-state index in [4.69, 9.17) is 0 Å². The maximum absolute atomic E-state index is 11.0. The Morgan fingerprint density at radius 3 is 2.71 bits per heavy atom. The molecule has 0 saturated heterocycles. The first-order chi connectivity index (χ1) is 7.99. The molecule has 1 unspecified atom stereocenters. The highest BCUT2D eigenvalue weighted by molar-refractivity contribution is 5.20. The first kappa shape index (κ1) is 12.6. The van der Waals surface area contributed by atoms with E-state index in [-0.39, 0.29) is 5.41 Å². The van der Waals surface area contributed by atoms with Crippen LogP contribution in [-0.4, -0.2) is 14.9 Å². The molecule has 1 fully saturated rings. The zero-order chi connectivity index (χ0) is 12.5. The molecule has 1 aliphatic rings. The van der Waals surface area contributed by atoms with E-state index in [0.29, 0.717) is 0 Å². The summed E-state index contributed by atoms with van der Waals surface area (Å²) in [7, 11) is 0. The second-order valence-corrected chi connectivity index (χ2v) is 5.94. The van der Waals surface area contributed by atoms with Gasteiger partial charge in [0.1, 0.15) is 0 Å². The Labute approximate surface area is 104 Å². The van der Waals surface area contributed by atoms with E-state index in [2.05, 4.69) is 25.9 Å². The van der Waals surface area contributed by atoms with Crippen molar-refractivity contribution in [1.29, 1.82) is 0 Å². The lowest BCUT2D eigenvalue weighted by Gasteiger charge is -2.46. The molecular weight excluding hydrogens is 212 g/mol. The molecule has 1 atom stereocenters. The van der Waals surface area contributed by atoms with Crippen molar-refractivity contribution in [2.24, 2.45) is 5.41 Å². The van der Waals surface area contributed by atoms with Crippen LogP contribution >= 0.6 is 0 Å². The largest absolute Gasteiger partial charge is 0.384 e. The SMILES string of the molecule is CCCn1cc(C2(O)CCCCC2(C)C)cn1. The van der Waals surface area contributed by atoms with Crippen LogP contribution in [0.5, 0.6) is 0 Å². The lowest BCUT2D eigenvalue weighted by molar-refractivity contribution is -0.104. The van der Waals surface area contributed by atoms with Gasteiger partial charge >= 0.3 is 0 Å². The van der Waals surface area contributed by atoms with Crippen molar-refractivity contribution >= 4 is 0 Å². The quantitative estimate of drug-likeness (QED) is 0.875. The maximum Gasteiger partial charge on any atom is 0.0977 e. The van der Waals surface area contributed by atoms with Crippen molar-refractivity contribution < 1.29 is 5.11 Å². The standard InChI is InChI=1S/C14H24N2O/c1-4-9-16-11-12(10-15-16)14(17)8-6-5-7-13(14,2)3/h10-11,17H,4-9H2,1-3H3. The lowest BCUT2D eigenvalue weighted by Crippen LogP contribution is -2.44. The highest BCUT2D eigenvalue weighted by atomic mass is 16.3. The number of hydrogen-bond acceptors (Lipinski definition) is 2. The van der Waals surface area contributed by atoms with Crippen LogP contribution in [0.3, 0.4) is 0 Å². The fourth-order valence-corrected chi connectivity index (χ4v) is 2.96. The molecule has 0 bridgehead atoms. The number of aliphatic hydroxyl groups is 1. The molecular formula is C14H24N2O. The molecule has 1 N–H and O–H groups in total. The third-order valence-corrected chi connectivity index (χ3v) is 4.27. The third kappa shape index (κ3) is 2.13. The van der Waals surface area contributed by atoms with Crippen LogP contribution in [0.2, 0.25) is 0 Å². The number of aromatic nitrogens is 2. The molecule has 1 heterocycles. The van der Waals surface area contributed by atoms with Crippen LogP contribution in [0.25, 0.3) is 0 Å². The van der Waals surface area contributed by atoms with E-state index in [1.165, 1.54) is 6.42 Å². The molecule has 2 rings (SSSR count). The van der Waals surface area contributed by atoms with Crippen molar-refractivity contribution in [3.8, 4) is 0 Å². The van der Waals surface area contributed by atoms with Gasteiger partial charge in [-0.2, -0.15) is 5.10 Å². The van der Waals surface area contributed by atoms with Gasteiger partial charge in [0.2, 0.25) is 0 Å². The average Bonchev–Trinajstić information content (AvgIpc) is 2.72. The Bertz CT molecular complexity index is 383. The fourth-order valence-electron chi connectivity index (χ4n) is 2.96.